The van der Waals surface area contributed by atoms with Crippen molar-refractivity contribution >= 4 is 45.0 Å². The summed E-state index contributed by atoms with van der Waals surface area (Å²) in [6, 6.07) is 7.00. The monoisotopic (exact) mass is 287 g/mol. The summed E-state index contributed by atoms with van der Waals surface area (Å²) in [4.78, 5) is 13.9. The van der Waals surface area contributed by atoms with Gasteiger partial charge in [0.2, 0.25) is 5.12 Å². The molecule has 0 spiro atoms. The summed E-state index contributed by atoms with van der Waals surface area (Å²) in [6.45, 7) is 5.63. The van der Waals surface area contributed by atoms with Crippen LogP contribution in [0.1, 0.15) is 24.2 Å². The van der Waals surface area contributed by atoms with Gasteiger partial charge in [0.25, 0.3) is 0 Å². The Bertz CT molecular complexity index is 419. The van der Waals surface area contributed by atoms with Crippen molar-refractivity contribution in [3.63, 3.8) is 0 Å². The van der Waals surface area contributed by atoms with Crippen LogP contribution in [0.3, 0.4) is 0 Å². The summed E-state index contributed by atoms with van der Waals surface area (Å²) < 4.78 is 0.597. The average molecular weight is 288 g/mol. The van der Waals surface area contributed by atoms with Gasteiger partial charge >= 0.3 is 0 Å². The van der Waals surface area contributed by atoms with E-state index in [0.29, 0.717) is 14.9 Å². The Balaban J connectivity index is 2.73. The van der Waals surface area contributed by atoms with Gasteiger partial charge in [-0.1, -0.05) is 36.0 Å². The van der Waals surface area contributed by atoms with Crippen molar-refractivity contribution in [1.29, 1.82) is 0 Å². The van der Waals surface area contributed by atoms with Gasteiger partial charge in [-0.05, 0) is 37.7 Å². The van der Waals surface area contributed by atoms with Crippen LogP contribution in [0.2, 0.25) is 5.02 Å². The first-order chi connectivity index (χ1) is 8.10. The predicted octanol–water partition coefficient (Wildman–Crippen LogP) is 3.84. The second-order valence-corrected chi connectivity index (χ2v) is 5.32. The third-order valence-corrected chi connectivity index (χ3v) is 3.97. The molecule has 0 aliphatic heterocycles. The highest BCUT2D eigenvalue weighted by Gasteiger charge is 2.15. The van der Waals surface area contributed by atoms with Crippen molar-refractivity contribution in [2.45, 2.75) is 13.8 Å². The van der Waals surface area contributed by atoms with E-state index in [-0.39, 0.29) is 5.12 Å². The van der Waals surface area contributed by atoms with Gasteiger partial charge in [-0.15, -0.1) is 0 Å². The predicted molar refractivity (Wildman–Crippen MR) is 78.9 cm³/mol. The van der Waals surface area contributed by atoms with E-state index < -0.39 is 0 Å². The molecule has 1 aromatic carbocycles. The Morgan fingerprint density at radius 1 is 1.35 bits per heavy atom. The van der Waals surface area contributed by atoms with Crippen LogP contribution in [-0.4, -0.2) is 27.4 Å². The molecule has 17 heavy (non-hydrogen) atoms. The number of hydrogen-bond donors (Lipinski definition) is 0. The minimum Gasteiger partial charge on any atom is -0.358 e. The molecule has 0 unspecified atom stereocenters. The first kappa shape index (κ1) is 14.5. The molecule has 0 atom stereocenters. The van der Waals surface area contributed by atoms with Crippen molar-refractivity contribution < 1.29 is 4.79 Å². The van der Waals surface area contributed by atoms with Crippen molar-refractivity contribution in [2.24, 2.45) is 0 Å². The molecule has 0 aromatic heterocycles. The van der Waals surface area contributed by atoms with E-state index in [0.717, 1.165) is 24.9 Å². The summed E-state index contributed by atoms with van der Waals surface area (Å²) in [7, 11) is 0. The maximum atomic E-state index is 12.0. The zero-order chi connectivity index (χ0) is 12.8. The number of thioether (sulfide) groups is 1. The number of benzene rings is 1. The van der Waals surface area contributed by atoms with Gasteiger partial charge in [-0.2, -0.15) is 0 Å². The Morgan fingerprint density at radius 2 is 1.94 bits per heavy atom. The lowest BCUT2D eigenvalue weighted by molar-refractivity contribution is 0.109. The summed E-state index contributed by atoms with van der Waals surface area (Å²) in [5.41, 5.74) is 0.508. The van der Waals surface area contributed by atoms with E-state index in [1.807, 2.05) is 18.7 Å². The van der Waals surface area contributed by atoms with Crippen LogP contribution in [0, 0.1) is 0 Å². The van der Waals surface area contributed by atoms with Gasteiger partial charge in [0.15, 0.2) is 0 Å². The first-order valence-corrected chi connectivity index (χ1v) is 6.96. The molecule has 1 rings (SSSR count). The van der Waals surface area contributed by atoms with Crippen LogP contribution in [0.25, 0.3) is 0 Å². The lowest BCUT2D eigenvalue weighted by Gasteiger charge is -2.20. The summed E-state index contributed by atoms with van der Waals surface area (Å²) >= 11 is 12.2. The van der Waals surface area contributed by atoms with E-state index in [1.165, 1.54) is 0 Å². The van der Waals surface area contributed by atoms with Crippen LogP contribution >= 0.6 is 35.6 Å². The smallest absolute Gasteiger partial charge is 0.227 e. The molecule has 92 valence electrons. The van der Waals surface area contributed by atoms with Gasteiger partial charge in [-0.25, -0.2) is 0 Å². The van der Waals surface area contributed by atoms with Crippen molar-refractivity contribution in [3.05, 3.63) is 34.9 Å². The van der Waals surface area contributed by atoms with Crippen LogP contribution < -0.4 is 0 Å². The molecule has 0 saturated heterocycles. The van der Waals surface area contributed by atoms with Crippen LogP contribution in [-0.2, 0) is 0 Å². The number of rotatable bonds is 3. The van der Waals surface area contributed by atoms with Crippen molar-refractivity contribution in [1.82, 2.24) is 4.90 Å². The Labute approximate surface area is 116 Å². The molecule has 0 fully saturated rings. The molecule has 0 N–H and O–H groups in total. The van der Waals surface area contributed by atoms with E-state index in [1.54, 1.807) is 24.3 Å². The number of carbonyl (C=O) groups excluding carboxylic acids is 1. The molecule has 0 aliphatic rings. The van der Waals surface area contributed by atoms with E-state index in [2.05, 4.69) is 0 Å². The Morgan fingerprint density at radius 3 is 2.47 bits per heavy atom. The first-order valence-electron chi connectivity index (χ1n) is 5.35. The van der Waals surface area contributed by atoms with E-state index in [9.17, 15) is 4.79 Å². The molecule has 0 heterocycles. The van der Waals surface area contributed by atoms with E-state index >= 15 is 0 Å². The summed E-state index contributed by atoms with van der Waals surface area (Å²) in [5.74, 6) is 0. The third kappa shape index (κ3) is 3.98. The molecule has 0 saturated carbocycles. The van der Waals surface area contributed by atoms with Crippen LogP contribution in [0.15, 0.2) is 24.3 Å². The second kappa shape index (κ2) is 6.99. The summed E-state index contributed by atoms with van der Waals surface area (Å²) in [5, 5.41) is 0.361. The Kier molecular flexibility index (Phi) is 5.95. The highest BCUT2D eigenvalue weighted by atomic mass is 35.5. The van der Waals surface area contributed by atoms with Crippen LogP contribution in [0.4, 0.5) is 0 Å². The molecular formula is C12H14ClNOS2. The summed E-state index contributed by atoms with van der Waals surface area (Å²) in [6.07, 6.45) is 0. The zero-order valence-corrected chi connectivity index (χ0v) is 12.2. The molecule has 0 amide bonds. The fourth-order valence-corrected chi connectivity index (χ4v) is 2.90. The molecular weight excluding hydrogens is 274 g/mol. The molecule has 1 aromatic rings. The second-order valence-electron chi connectivity index (χ2n) is 3.31. The number of thiocarbonyl (C=S) groups is 1. The highest BCUT2D eigenvalue weighted by molar-refractivity contribution is 8.33. The number of nitrogens with zero attached hydrogens (tertiary/aromatic N) is 1. The normalized spacial score (nSPS) is 10.1. The molecule has 0 bridgehead atoms. The molecule has 2 nitrogen and oxygen atoms in total. The van der Waals surface area contributed by atoms with Gasteiger partial charge in [0.05, 0.1) is 5.02 Å². The van der Waals surface area contributed by atoms with Gasteiger partial charge in [0.1, 0.15) is 4.32 Å². The average Bonchev–Trinajstić information content (AvgIpc) is 2.31. The lowest BCUT2D eigenvalue weighted by atomic mass is 10.2. The number of carbonyl (C=O) groups is 1. The third-order valence-electron chi connectivity index (χ3n) is 2.30. The van der Waals surface area contributed by atoms with Crippen molar-refractivity contribution in [3.8, 4) is 0 Å². The minimum atomic E-state index is -0.104. The number of halogens is 1. The lowest BCUT2D eigenvalue weighted by Crippen LogP contribution is -2.27. The fraction of sp³-hybridized carbons (Fsp3) is 0.333. The minimum absolute atomic E-state index is 0.104. The largest absolute Gasteiger partial charge is 0.358 e. The van der Waals surface area contributed by atoms with Crippen molar-refractivity contribution in [2.75, 3.05) is 13.1 Å². The van der Waals surface area contributed by atoms with Gasteiger partial charge < -0.3 is 4.90 Å². The van der Waals surface area contributed by atoms with E-state index in [4.69, 9.17) is 23.8 Å². The molecule has 5 heteroatoms. The van der Waals surface area contributed by atoms with Gasteiger partial charge in [0, 0.05) is 18.7 Å². The quantitative estimate of drug-likeness (QED) is 0.787. The zero-order valence-electron chi connectivity index (χ0n) is 9.77. The van der Waals surface area contributed by atoms with Crippen LogP contribution in [0.5, 0.6) is 0 Å². The maximum Gasteiger partial charge on any atom is 0.227 e. The van der Waals surface area contributed by atoms with Gasteiger partial charge in [-0.3, -0.25) is 4.79 Å². The topological polar surface area (TPSA) is 20.3 Å². The molecule has 0 radical (unpaired) electrons. The highest BCUT2D eigenvalue weighted by Crippen LogP contribution is 2.22. The Hall–Kier alpha value is -0.580. The maximum absolute atomic E-state index is 12.0. The SMILES string of the molecule is CCN(CC)C(=S)SC(=O)c1ccccc1Cl. The fourth-order valence-electron chi connectivity index (χ4n) is 1.31. The standard InChI is InChI=1S/C12H14ClNOS2/c1-3-14(4-2)12(16)17-11(15)9-7-5-6-8-10(9)13/h5-8H,3-4H2,1-2H3. The number of hydrogen-bond acceptors (Lipinski definition) is 3. The molecule has 0 aliphatic carbocycles.